The number of hydrogen-bond donors (Lipinski definition) is 1. The molecule has 2 aliphatic heterocycles. The molecule has 6 rings (SSSR count). The van der Waals surface area contributed by atoms with Crippen molar-refractivity contribution < 1.29 is 19.0 Å². The van der Waals surface area contributed by atoms with E-state index in [9.17, 15) is 4.79 Å². The van der Waals surface area contributed by atoms with Gasteiger partial charge in [-0.2, -0.15) is 0 Å². The highest BCUT2D eigenvalue weighted by Gasteiger charge is 2.23. The molecule has 1 saturated heterocycles. The lowest BCUT2D eigenvalue weighted by Gasteiger charge is -2.32. The Hall–Kier alpha value is -4.10. The standard InChI is InChI=1S/C30H29N3O4/c1-35-23-8-9-26-24(16-23)25(17-27(32-26)21-7-10-28-29(15-21)37-19-36-28)30(34)31-22-11-13-33(14-12-22)18-20-5-3-2-4-6-20/h2-10,15-17,22H,11-14,18-19H2,1H3,(H,31,34). The fraction of sp³-hybridized carbons (Fsp3) is 0.267. The summed E-state index contributed by atoms with van der Waals surface area (Å²) in [7, 11) is 1.62. The smallest absolute Gasteiger partial charge is 0.252 e. The second-order valence-corrected chi connectivity index (χ2v) is 9.52. The zero-order valence-electron chi connectivity index (χ0n) is 20.8. The fourth-order valence-electron chi connectivity index (χ4n) is 5.06. The molecule has 1 fully saturated rings. The number of rotatable bonds is 6. The predicted molar refractivity (Wildman–Crippen MR) is 142 cm³/mol. The van der Waals surface area contributed by atoms with Gasteiger partial charge in [-0.05, 0) is 60.9 Å². The van der Waals surface area contributed by atoms with Crippen LogP contribution in [0.4, 0.5) is 0 Å². The van der Waals surface area contributed by atoms with E-state index >= 15 is 0 Å². The van der Waals surface area contributed by atoms with Crippen LogP contribution in [0.2, 0.25) is 0 Å². The van der Waals surface area contributed by atoms with E-state index in [-0.39, 0.29) is 18.7 Å². The number of nitrogens with zero attached hydrogens (tertiary/aromatic N) is 2. The molecule has 0 aliphatic carbocycles. The number of carbonyl (C=O) groups excluding carboxylic acids is 1. The number of aromatic nitrogens is 1. The number of hydrogen-bond acceptors (Lipinski definition) is 6. The molecule has 188 valence electrons. The number of nitrogens with one attached hydrogen (secondary N) is 1. The van der Waals surface area contributed by atoms with Gasteiger partial charge in [0.2, 0.25) is 6.79 Å². The molecular weight excluding hydrogens is 466 g/mol. The number of carbonyl (C=O) groups is 1. The van der Waals surface area contributed by atoms with Crippen LogP contribution >= 0.6 is 0 Å². The maximum Gasteiger partial charge on any atom is 0.252 e. The van der Waals surface area contributed by atoms with Gasteiger partial charge in [-0.3, -0.25) is 9.69 Å². The summed E-state index contributed by atoms with van der Waals surface area (Å²) in [5.41, 5.74) is 4.21. The van der Waals surface area contributed by atoms with Crippen molar-refractivity contribution in [3.63, 3.8) is 0 Å². The van der Waals surface area contributed by atoms with Gasteiger partial charge >= 0.3 is 0 Å². The minimum absolute atomic E-state index is 0.0934. The molecule has 0 atom stereocenters. The van der Waals surface area contributed by atoms with E-state index in [1.165, 1.54) is 5.56 Å². The van der Waals surface area contributed by atoms with E-state index in [0.717, 1.165) is 48.9 Å². The molecule has 2 aliphatic rings. The van der Waals surface area contributed by atoms with E-state index in [2.05, 4.69) is 34.5 Å². The third kappa shape index (κ3) is 4.95. The van der Waals surface area contributed by atoms with Crippen LogP contribution < -0.4 is 19.5 Å². The highest BCUT2D eigenvalue weighted by Crippen LogP contribution is 2.36. The Kier molecular flexibility index (Phi) is 6.37. The summed E-state index contributed by atoms with van der Waals surface area (Å²) in [5.74, 6) is 1.99. The first kappa shape index (κ1) is 23.3. The van der Waals surface area contributed by atoms with E-state index in [1.807, 2.05) is 48.5 Å². The van der Waals surface area contributed by atoms with Gasteiger partial charge in [0.1, 0.15) is 5.75 Å². The lowest BCUT2D eigenvalue weighted by atomic mass is 10.0. The predicted octanol–water partition coefficient (Wildman–Crippen LogP) is 5.03. The van der Waals surface area contributed by atoms with Gasteiger partial charge in [0.15, 0.2) is 11.5 Å². The Morgan fingerprint density at radius 1 is 1.00 bits per heavy atom. The van der Waals surface area contributed by atoms with Crippen molar-refractivity contribution in [3.05, 3.63) is 83.9 Å². The number of piperidine rings is 1. The van der Waals surface area contributed by atoms with Gasteiger partial charge < -0.3 is 19.5 Å². The summed E-state index contributed by atoms with van der Waals surface area (Å²) < 4.78 is 16.4. The molecule has 0 saturated carbocycles. The molecule has 37 heavy (non-hydrogen) atoms. The van der Waals surface area contributed by atoms with Crippen molar-refractivity contribution in [1.29, 1.82) is 0 Å². The summed E-state index contributed by atoms with van der Waals surface area (Å²) in [6.45, 7) is 3.05. The highest BCUT2D eigenvalue weighted by atomic mass is 16.7. The number of methoxy groups -OCH3 is 1. The van der Waals surface area contributed by atoms with Crippen molar-refractivity contribution in [1.82, 2.24) is 15.2 Å². The van der Waals surface area contributed by atoms with Gasteiger partial charge in [0.05, 0.1) is 23.9 Å². The summed E-state index contributed by atoms with van der Waals surface area (Å²) in [6, 6.07) is 23.9. The van der Waals surface area contributed by atoms with E-state index < -0.39 is 0 Å². The number of benzene rings is 3. The topological polar surface area (TPSA) is 72.9 Å². The molecule has 3 heterocycles. The van der Waals surface area contributed by atoms with Gasteiger partial charge in [-0.25, -0.2) is 4.98 Å². The zero-order chi connectivity index (χ0) is 25.2. The average molecular weight is 496 g/mol. The second kappa shape index (κ2) is 10.1. The number of pyridine rings is 1. The monoisotopic (exact) mass is 495 g/mol. The molecule has 0 radical (unpaired) electrons. The highest BCUT2D eigenvalue weighted by molar-refractivity contribution is 6.07. The lowest BCUT2D eigenvalue weighted by Crippen LogP contribution is -2.44. The summed E-state index contributed by atoms with van der Waals surface area (Å²) >= 11 is 0. The first-order valence-corrected chi connectivity index (χ1v) is 12.6. The Labute approximate surface area is 216 Å². The summed E-state index contributed by atoms with van der Waals surface area (Å²) in [4.78, 5) is 20.9. The molecule has 0 unspecified atom stereocenters. The van der Waals surface area contributed by atoms with Crippen LogP contribution in [0.3, 0.4) is 0 Å². The largest absolute Gasteiger partial charge is 0.497 e. The maximum absolute atomic E-state index is 13.6. The molecule has 1 amide bonds. The van der Waals surface area contributed by atoms with Crippen molar-refractivity contribution in [2.75, 3.05) is 27.0 Å². The first-order chi connectivity index (χ1) is 18.2. The SMILES string of the molecule is COc1ccc2nc(-c3ccc4c(c3)OCO4)cc(C(=O)NC3CCN(Cc4ccccc4)CC3)c2c1. The first-order valence-electron chi connectivity index (χ1n) is 12.6. The minimum atomic E-state index is -0.0934. The van der Waals surface area contributed by atoms with Crippen molar-refractivity contribution in [2.24, 2.45) is 0 Å². The van der Waals surface area contributed by atoms with Gasteiger partial charge in [-0.15, -0.1) is 0 Å². The molecule has 1 N–H and O–H groups in total. The molecule has 0 spiro atoms. The third-order valence-electron chi connectivity index (χ3n) is 7.10. The zero-order valence-corrected chi connectivity index (χ0v) is 20.8. The van der Waals surface area contributed by atoms with E-state index in [4.69, 9.17) is 19.2 Å². The average Bonchev–Trinajstić information content (AvgIpc) is 3.42. The van der Waals surface area contributed by atoms with Crippen LogP contribution in [0.25, 0.3) is 22.2 Å². The van der Waals surface area contributed by atoms with Crippen LogP contribution in [-0.2, 0) is 6.54 Å². The summed E-state index contributed by atoms with van der Waals surface area (Å²) in [5, 5.41) is 4.06. The van der Waals surface area contributed by atoms with Crippen molar-refractivity contribution in [3.8, 4) is 28.5 Å². The maximum atomic E-state index is 13.6. The van der Waals surface area contributed by atoms with E-state index in [0.29, 0.717) is 28.5 Å². The van der Waals surface area contributed by atoms with Crippen LogP contribution in [0.15, 0.2) is 72.8 Å². The molecule has 1 aromatic heterocycles. The Morgan fingerprint density at radius 2 is 1.81 bits per heavy atom. The van der Waals surface area contributed by atoms with Crippen LogP contribution in [0.1, 0.15) is 28.8 Å². The molecule has 7 nitrogen and oxygen atoms in total. The molecule has 0 bridgehead atoms. The second-order valence-electron chi connectivity index (χ2n) is 9.52. The summed E-state index contributed by atoms with van der Waals surface area (Å²) in [6.07, 6.45) is 1.83. The lowest BCUT2D eigenvalue weighted by molar-refractivity contribution is 0.0910. The van der Waals surface area contributed by atoms with Crippen LogP contribution in [-0.4, -0.2) is 48.8 Å². The third-order valence-corrected chi connectivity index (χ3v) is 7.10. The number of amides is 1. The Bertz CT molecular complexity index is 1430. The van der Waals surface area contributed by atoms with Gasteiger partial charge in [-0.1, -0.05) is 30.3 Å². The van der Waals surface area contributed by atoms with Crippen LogP contribution in [0.5, 0.6) is 17.2 Å². The molecule has 4 aromatic rings. The van der Waals surface area contributed by atoms with Gasteiger partial charge in [0.25, 0.3) is 5.91 Å². The minimum Gasteiger partial charge on any atom is -0.497 e. The molecule has 3 aromatic carbocycles. The molecule has 7 heteroatoms. The van der Waals surface area contributed by atoms with E-state index in [1.54, 1.807) is 7.11 Å². The Balaban J connectivity index is 1.24. The van der Waals surface area contributed by atoms with Crippen LogP contribution in [0, 0.1) is 0 Å². The fourth-order valence-corrected chi connectivity index (χ4v) is 5.06. The number of ether oxygens (including phenoxy) is 3. The van der Waals surface area contributed by atoms with Crippen molar-refractivity contribution in [2.45, 2.75) is 25.4 Å². The van der Waals surface area contributed by atoms with Gasteiger partial charge in [0, 0.05) is 36.6 Å². The number of fused-ring (bicyclic) bond motifs is 2. The number of likely N-dealkylation sites (tertiary alicyclic amines) is 1. The van der Waals surface area contributed by atoms with Crippen molar-refractivity contribution >= 4 is 16.8 Å². The Morgan fingerprint density at radius 3 is 2.62 bits per heavy atom. The quantitative estimate of drug-likeness (QED) is 0.404. The molecular formula is C30H29N3O4. The normalized spacial score (nSPS) is 15.6.